The molecule has 7 aromatic carbocycles. The molecule has 0 aliphatic heterocycles. The van der Waals surface area contributed by atoms with Crippen LogP contribution in [0.1, 0.15) is 5.56 Å². The Morgan fingerprint density at radius 1 is 0.479 bits per heavy atom. The largest absolute Gasteiger partial charge is 0.318 e. The van der Waals surface area contributed by atoms with Gasteiger partial charge in [-0.15, -0.1) is 0 Å². The summed E-state index contributed by atoms with van der Waals surface area (Å²) in [7, 11) is 0. The lowest BCUT2D eigenvalue weighted by atomic mass is 9.94. The molecule has 4 nitrogen and oxygen atoms in total. The Kier molecular flexibility index (Phi) is 6.22. The number of nitrogens with zero attached hydrogens (tertiary/aromatic N) is 4. The molecule has 48 heavy (non-hydrogen) atoms. The van der Waals surface area contributed by atoms with Gasteiger partial charge in [-0.1, -0.05) is 103 Å². The van der Waals surface area contributed by atoms with E-state index in [1.54, 1.807) is 0 Å². The summed E-state index contributed by atoms with van der Waals surface area (Å²) in [6.45, 7) is 8.15. The van der Waals surface area contributed by atoms with Crippen molar-refractivity contribution in [2.75, 3.05) is 0 Å². The van der Waals surface area contributed by atoms with Gasteiger partial charge in [0.25, 0.3) is 0 Å². The molecular weight excluding hydrogens is 585 g/mol. The van der Waals surface area contributed by atoms with Gasteiger partial charge in [0.2, 0.25) is 5.69 Å². The highest BCUT2D eigenvalue weighted by molar-refractivity contribution is 6.11. The zero-order valence-electron chi connectivity index (χ0n) is 25.8. The average Bonchev–Trinajstić information content (AvgIpc) is 3.67. The molecule has 0 amide bonds. The zero-order chi connectivity index (χ0) is 32.2. The van der Waals surface area contributed by atoms with Crippen LogP contribution in [-0.4, -0.2) is 9.13 Å². The van der Waals surface area contributed by atoms with Gasteiger partial charge in [0, 0.05) is 27.2 Å². The first kappa shape index (κ1) is 27.4. The van der Waals surface area contributed by atoms with Crippen LogP contribution in [0.2, 0.25) is 0 Å². The maximum atomic E-state index is 10.2. The van der Waals surface area contributed by atoms with Gasteiger partial charge in [-0.25, -0.2) is 4.85 Å². The van der Waals surface area contributed by atoms with Crippen LogP contribution in [0.3, 0.4) is 0 Å². The standard InChI is InChI=1S/C44H26N4/c1-46-39-16-10-15-34(44(39)48-42-19-8-4-13-37(42)38-14-5-9-20-43(38)48)32-26-29(28-45)25-31(27-32)30-21-23-33(24-22-30)47-40-17-6-2-11-35(40)36-12-3-7-18-41(36)47/h2-27H. The minimum absolute atomic E-state index is 0.554. The average molecular weight is 611 g/mol. The Bertz CT molecular complexity index is 2690. The van der Waals surface area contributed by atoms with Crippen LogP contribution in [0.5, 0.6) is 0 Å². The lowest BCUT2D eigenvalue weighted by Gasteiger charge is -2.17. The first-order chi connectivity index (χ1) is 23.7. The zero-order valence-corrected chi connectivity index (χ0v) is 25.8. The summed E-state index contributed by atoms with van der Waals surface area (Å²) in [6, 6.07) is 56.5. The molecule has 222 valence electrons. The molecule has 0 spiro atoms. The van der Waals surface area contributed by atoms with Crippen molar-refractivity contribution in [2.45, 2.75) is 0 Å². The van der Waals surface area contributed by atoms with E-state index in [2.05, 4.69) is 141 Å². The SMILES string of the molecule is [C-]#[N+]c1cccc(-c2cc(C#N)cc(-c3ccc(-n4c5ccccc5c5ccccc54)cc3)c2)c1-n1c2ccccc2c2ccccc21. The van der Waals surface area contributed by atoms with Crippen molar-refractivity contribution < 1.29 is 0 Å². The maximum absolute atomic E-state index is 10.2. The van der Waals surface area contributed by atoms with Crippen LogP contribution >= 0.6 is 0 Å². The van der Waals surface area contributed by atoms with Gasteiger partial charge in [-0.2, -0.15) is 5.26 Å². The highest BCUT2D eigenvalue weighted by atomic mass is 15.0. The van der Waals surface area contributed by atoms with Crippen molar-refractivity contribution in [3.63, 3.8) is 0 Å². The van der Waals surface area contributed by atoms with E-state index in [1.807, 2.05) is 36.4 Å². The Morgan fingerprint density at radius 2 is 0.979 bits per heavy atom. The van der Waals surface area contributed by atoms with Gasteiger partial charge in [0.1, 0.15) is 0 Å². The molecule has 0 aliphatic rings. The molecule has 0 N–H and O–H groups in total. The lowest BCUT2D eigenvalue weighted by molar-refractivity contribution is 1.18. The number of hydrogen-bond acceptors (Lipinski definition) is 1. The third kappa shape index (κ3) is 4.14. The van der Waals surface area contributed by atoms with Gasteiger partial charge in [0.15, 0.2) is 0 Å². The number of para-hydroxylation sites is 5. The number of aromatic nitrogens is 2. The molecule has 4 heteroatoms. The molecule has 0 saturated heterocycles. The van der Waals surface area contributed by atoms with Crippen LogP contribution in [0, 0.1) is 17.9 Å². The van der Waals surface area contributed by atoms with Gasteiger partial charge < -0.3 is 9.13 Å². The monoisotopic (exact) mass is 610 g/mol. The Balaban J connectivity index is 1.22. The number of benzene rings is 7. The summed E-state index contributed by atoms with van der Waals surface area (Å²) in [6.07, 6.45) is 0. The van der Waals surface area contributed by atoms with Crippen LogP contribution in [0.15, 0.2) is 158 Å². The Labute approximate surface area is 277 Å². The van der Waals surface area contributed by atoms with Crippen LogP contribution in [0.25, 0.3) is 82.1 Å². The van der Waals surface area contributed by atoms with Crippen molar-refractivity contribution in [1.82, 2.24) is 9.13 Å². The van der Waals surface area contributed by atoms with E-state index in [4.69, 9.17) is 6.57 Å². The van der Waals surface area contributed by atoms with Crippen LogP contribution in [0.4, 0.5) is 5.69 Å². The minimum Gasteiger partial charge on any atom is -0.318 e. The number of hydrogen-bond donors (Lipinski definition) is 0. The van der Waals surface area contributed by atoms with E-state index in [0.29, 0.717) is 11.3 Å². The molecule has 0 saturated carbocycles. The topological polar surface area (TPSA) is 38.0 Å². The summed E-state index contributed by atoms with van der Waals surface area (Å²) >= 11 is 0. The van der Waals surface area contributed by atoms with Crippen molar-refractivity contribution in [2.24, 2.45) is 0 Å². The fraction of sp³-hybridized carbons (Fsp3) is 0. The van der Waals surface area contributed by atoms with Crippen molar-refractivity contribution in [1.29, 1.82) is 5.26 Å². The number of fused-ring (bicyclic) bond motifs is 6. The second-order valence-corrected chi connectivity index (χ2v) is 12.0. The quantitative estimate of drug-likeness (QED) is 0.183. The lowest BCUT2D eigenvalue weighted by Crippen LogP contribution is -1.98. The van der Waals surface area contributed by atoms with Gasteiger partial charge >= 0.3 is 0 Å². The predicted octanol–water partition coefficient (Wildman–Crippen LogP) is 11.6. The second kappa shape index (κ2) is 10.9. The highest BCUT2D eigenvalue weighted by Gasteiger charge is 2.19. The first-order valence-electron chi connectivity index (χ1n) is 15.9. The third-order valence-electron chi connectivity index (χ3n) is 9.35. The summed E-state index contributed by atoms with van der Waals surface area (Å²) < 4.78 is 4.51. The van der Waals surface area contributed by atoms with Gasteiger partial charge in [0.05, 0.1) is 46.0 Å². The Morgan fingerprint density at radius 3 is 1.50 bits per heavy atom. The first-order valence-corrected chi connectivity index (χ1v) is 15.9. The highest BCUT2D eigenvalue weighted by Crippen LogP contribution is 2.42. The third-order valence-corrected chi connectivity index (χ3v) is 9.35. The molecule has 0 aliphatic carbocycles. The van der Waals surface area contributed by atoms with E-state index in [0.717, 1.165) is 66.5 Å². The Hall–Kier alpha value is -6.88. The minimum atomic E-state index is 0.554. The molecule has 2 heterocycles. The fourth-order valence-electron chi connectivity index (χ4n) is 7.27. The van der Waals surface area contributed by atoms with E-state index in [-0.39, 0.29) is 0 Å². The van der Waals surface area contributed by atoms with E-state index in [9.17, 15) is 5.26 Å². The molecule has 0 bridgehead atoms. The van der Waals surface area contributed by atoms with Crippen LogP contribution < -0.4 is 0 Å². The molecule has 0 unspecified atom stereocenters. The number of nitriles is 1. The maximum Gasteiger partial charge on any atom is 0.211 e. The predicted molar refractivity (Wildman–Crippen MR) is 197 cm³/mol. The molecular formula is C44H26N4. The van der Waals surface area contributed by atoms with Crippen molar-refractivity contribution >= 4 is 49.3 Å². The molecule has 9 rings (SSSR count). The van der Waals surface area contributed by atoms with Crippen molar-refractivity contribution in [3.8, 4) is 39.7 Å². The molecule has 0 fully saturated rings. The molecule has 0 radical (unpaired) electrons. The van der Waals surface area contributed by atoms with Crippen molar-refractivity contribution in [3.05, 3.63) is 175 Å². The summed E-state index contributed by atoms with van der Waals surface area (Å²) in [5, 5.41) is 14.9. The smallest absolute Gasteiger partial charge is 0.211 e. The molecule has 0 atom stereocenters. The normalized spacial score (nSPS) is 11.3. The van der Waals surface area contributed by atoms with Gasteiger partial charge in [-0.3, -0.25) is 0 Å². The van der Waals surface area contributed by atoms with Crippen LogP contribution in [-0.2, 0) is 0 Å². The van der Waals surface area contributed by atoms with E-state index >= 15 is 0 Å². The fourth-order valence-corrected chi connectivity index (χ4v) is 7.27. The van der Waals surface area contributed by atoms with Gasteiger partial charge in [-0.05, 0) is 76.9 Å². The summed E-state index contributed by atoms with van der Waals surface area (Å²) in [5.41, 5.74) is 11.1. The number of rotatable bonds is 4. The van der Waals surface area contributed by atoms with E-state index in [1.165, 1.54) is 10.8 Å². The van der Waals surface area contributed by atoms with E-state index < -0.39 is 0 Å². The summed E-state index contributed by atoms with van der Waals surface area (Å²) in [4.78, 5) is 3.99. The molecule has 2 aromatic heterocycles. The second-order valence-electron chi connectivity index (χ2n) is 12.0. The summed E-state index contributed by atoms with van der Waals surface area (Å²) in [5.74, 6) is 0. The molecule has 9 aromatic rings.